The Balaban J connectivity index is 1.71. The summed E-state index contributed by atoms with van der Waals surface area (Å²) >= 11 is 1.60. The smallest absolute Gasteiger partial charge is 0.206 e. The fraction of sp³-hybridized carbons (Fsp3) is 0.474. The van der Waals surface area contributed by atoms with Gasteiger partial charge in [0.1, 0.15) is 5.69 Å². The van der Waals surface area contributed by atoms with E-state index in [2.05, 4.69) is 30.3 Å². The van der Waals surface area contributed by atoms with Crippen molar-refractivity contribution in [1.29, 1.82) is 0 Å². The Morgan fingerprint density at radius 2 is 2.33 bits per heavy atom. The van der Waals surface area contributed by atoms with Crippen LogP contribution in [-0.2, 0) is 0 Å². The maximum atomic E-state index is 5.56. The molecule has 0 radical (unpaired) electrons. The first-order valence-corrected chi connectivity index (χ1v) is 9.48. The van der Waals surface area contributed by atoms with Crippen molar-refractivity contribution >= 4 is 17.6 Å². The van der Waals surface area contributed by atoms with E-state index >= 15 is 0 Å². The summed E-state index contributed by atoms with van der Waals surface area (Å²) < 4.78 is 7.47. The van der Waals surface area contributed by atoms with E-state index in [-0.39, 0.29) is 0 Å². The highest BCUT2D eigenvalue weighted by Crippen LogP contribution is 2.58. The number of aromatic nitrogens is 1. The molecule has 126 valence electrons. The van der Waals surface area contributed by atoms with Gasteiger partial charge in [0.05, 0.1) is 12.5 Å². The molecular formula is C19H23N3OS. The molecule has 2 aromatic rings. The van der Waals surface area contributed by atoms with E-state index in [0.717, 1.165) is 28.7 Å². The summed E-state index contributed by atoms with van der Waals surface area (Å²) in [4.78, 5) is 5.47. The SMILES string of the molecule is CCN=c1scc(-c2ccco2)n1N=CC1=CCC2CC1C2(C)C. The number of furan rings is 1. The summed E-state index contributed by atoms with van der Waals surface area (Å²) in [6, 6.07) is 3.86. The largest absolute Gasteiger partial charge is 0.463 e. The van der Waals surface area contributed by atoms with Crippen molar-refractivity contribution in [3.63, 3.8) is 0 Å². The minimum atomic E-state index is 0.413. The molecule has 2 aromatic heterocycles. The fourth-order valence-corrected chi connectivity index (χ4v) is 4.80. The molecular weight excluding hydrogens is 318 g/mol. The summed E-state index contributed by atoms with van der Waals surface area (Å²) in [6.45, 7) is 7.56. The maximum Gasteiger partial charge on any atom is 0.206 e. The van der Waals surface area contributed by atoms with Crippen LogP contribution in [0.2, 0.25) is 0 Å². The van der Waals surface area contributed by atoms with Crippen LogP contribution < -0.4 is 4.80 Å². The predicted octanol–water partition coefficient (Wildman–Crippen LogP) is 4.56. The quantitative estimate of drug-likeness (QED) is 0.752. The predicted molar refractivity (Wildman–Crippen MR) is 98.1 cm³/mol. The normalized spacial score (nSPS) is 25.8. The Bertz CT molecular complexity index is 852. The average Bonchev–Trinajstić information content (AvgIpc) is 3.22. The Morgan fingerprint density at radius 1 is 1.46 bits per heavy atom. The van der Waals surface area contributed by atoms with Crippen molar-refractivity contribution < 1.29 is 4.42 Å². The van der Waals surface area contributed by atoms with Gasteiger partial charge >= 0.3 is 0 Å². The van der Waals surface area contributed by atoms with Gasteiger partial charge in [-0.3, -0.25) is 4.99 Å². The maximum absolute atomic E-state index is 5.56. The van der Waals surface area contributed by atoms with Crippen LogP contribution in [-0.4, -0.2) is 17.4 Å². The number of hydrogen-bond donors (Lipinski definition) is 0. The highest BCUT2D eigenvalue weighted by Gasteiger charge is 2.50. The molecule has 2 heterocycles. The lowest BCUT2D eigenvalue weighted by atomic mass is 9.49. The van der Waals surface area contributed by atoms with Crippen LogP contribution in [0.3, 0.4) is 0 Å². The lowest BCUT2D eigenvalue weighted by Gasteiger charge is -2.55. The second-order valence-electron chi connectivity index (χ2n) is 7.16. The lowest BCUT2D eigenvalue weighted by molar-refractivity contribution is -0.00126. The molecule has 0 amide bonds. The zero-order valence-corrected chi connectivity index (χ0v) is 15.2. The summed E-state index contributed by atoms with van der Waals surface area (Å²) in [7, 11) is 0. The van der Waals surface area contributed by atoms with E-state index in [1.165, 1.54) is 18.4 Å². The third-order valence-electron chi connectivity index (χ3n) is 5.59. The number of hydrogen-bond acceptors (Lipinski definition) is 4. The number of allylic oxidation sites excluding steroid dienone is 2. The second-order valence-corrected chi connectivity index (χ2v) is 7.99. The molecule has 0 saturated heterocycles. The fourth-order valence-electron chi connectivity index (χ4n) is 3.92. The molecule has 0 spiro atoms. The van der Waals surface area contributed by atoms with Crippen LogP contribution in [0, 0.1) is 17.3 Å². The van der Waals surface area contributed by atoms with Crippen molar-refractivity contribution in [3.8, 4) is 11.5 Å². The first-order valence-electron chi connectivity index (χ1n) is 8.60. The van der Waals surface area contributed by atoms with Crippen molar-refractivity contribution in [2.45, 2.75) is 33.6 Å². The van der Waals surface area contributed by atoms with Crippen LogP contribution in [0.5, 0.6) is 0 Å². The van der Waals surface area contributed by atoms with Gasteiger partial charge in [-0.1, -0.05) is 19.9 Å². The number of thiazole rings is 1. The van der Waals surface area contributed by atoms with Crippen LogP contribution in [0.1, 0.15) is 33.6 Å². The third kappa shape index (κ3) is 2.42. The van der Waals surface area contributed by atoms with Gasteiger partial charge in [-0.25, -0.2) is 4.68 Å². The Kier molecular flexibility index (Phi) is 3.83. The second kappa shape index (κ2) is 5.88. The minimum Gasteiger partial charge on any atom is -0.463 e. The van der Waals surface area contributed by atoms with E-state index in [9.17, 15) is 0 Å². The van der Waals surface area contributed by atoms with Gasteiger partial charge in [0.2, 0.25) is 4.80 Å². The molecule has 0 aromatic carbocycles. The van der Waals surface area contributed by atoms with Crippen LogP contribution in [0.15, 0.2) is 49.9 Å². The van der Waals surface area contributed by atoms with Crippen LogP contribution in [0.25, 0.3) is 11.5 Å². The van der Waals surface area contributed by atoms with Gasteiger partial charge in [0, 0.05) is 11.9 Å². The zero-order valence-electron chi connectivity index (χ0n) is 14.4. The third-order valence-corrected chi connectivity index (χ3v) is 6.44. The Hall–Kier alpha value is -1.88. The first kappa shape index (κ1) is 15.6. The Labute approximate surface area is 146 Å². The molecule has 4 nitrogen and oxygen atoms in total. The van der Waals surface area contributed by atoms with Gasteiger partial charge in [-0.15, -0.1) is 11.3 Å². The summed E-state index contributed by atoms with van der Waals surface area (Å²) in [5.74, 6) is 2.30. The molecule has 2 bridgehead atoms. The number of nitrogens with zero attached hydrogens (tertiary/aromatic N) is 3. The van der Waals surface area contributed by atoms with Gasteiger partial charge in [0.15, 0.2) is 5.76 Å². The van der Waals surface area contributed by atoms with Gasteiger partial charge in [-0.05, 0) is 54.7 Å². The molecule has 1 saturated carbocycles. The highest BCUT2D eigenvalue weighted by atomic mass is 32.1. The van der Waals surface area contributed by atoms with Crippen molar-refractivity contribution in [1.82, 2.24) is 4.68 Å². The molecule has 2 atom stereocenters. The van der Waals surface area contributed by atoms with Crippen LogP contribution in [0.4, 0.5) is 0 Å². The van der Waals surface area contributed by atoms with Crippen molar-refractivity contribution in [2.24, 2.45) is 27.3 Å². The molecule has 24 heavy (non-hydrogen) atoms. The monoisotopic (exact) mass is 341 g/mol. The molecule has 2 unspecified atom stereocenters. The van der Waals surface area contributed by atoms with E-state index in [1.54, 1.807) is 17.6 Å². The van der Waals surface area contributed by atoms with E-state index in [1.807, 2.05) is 29.9 Å². The summed E-state index contributed by atoms with van der Waals surface area (Å²) in [5, 5.41) is 6.84. The van der Waals surface area contributed by atoms with Crippen molar-refractivity contribution in [2.75, 3.05) is 6.54 Å². The van der Waals surface area contributed by atoms with E-state index < -0.39 is 0 Å². The topological polar surface area (TPSA) is 42.8 Å². The minimum absolute atomic E-state index is 0.413. The van der Waals surface area contributed by atoms with Gasteiger partial charge in [0.25, 0.3) is 0 Å². The molecule has 1 fully saturated rings. The molecule has 0 aliphatic heterocycles. The lowest BCUT2D eigenvalue weighted by Crippen LogP contribution is -2.48. The van der Waals surface area contributed by atoms with Crippen molar-refractivity contribution in [3.05, 3.63) is 40.2 Å². The van der Waals surface area contributed by atoms with E-state index in [4.69, 9.17) is 9.52 Å². The molecule has 0 N–H and O–H groups in total. The van der Waals surface area contributed by atoms with Crippen LogP contribution >= 0.6 is 11.3 Å². The van der Waals surface area contributed by atoms with E-state index in [0.29, 0.717) is 11.3 Å². The highest BCUT2D eigenvalue weighted by molar-refractivity contribution is 7.07. The first-order chi connectivity index (χ1) is 11.6. The van der Waals surface area contributed by atoms with Gasteiger partial charge in [-0.2, -0.15) is 5.10 Å². The average molecular weight is 341 g/mol. The molecule has 3 aliphatic carbocycles. The molecule has 5 rings (SSSR count). The number of rotatable bonds is 4. The molecule has 5 heteroatoms. The molecule has 3 aliphatic rings. The zero-order chi connectivity index (χ0) is 16.7. The standard InChI is InChI=1S/C19H23N3OS/c1-4-20-18-22(16(12-24-18)17-6-5-9-23-17)21-11-13-7-8-14-10-15(13)19(14,2)3/h5-7,9,11-12,14-15H,4,8,10H2,1-3H3. The summed E-state index contributed by atoms with van der Waals surface area (Å²) in [5.41, 5.74) is 2.74. The summed E-state index contributed by atoms with van der Waals surface area (Å²) in [6.07, 6.45) is 8.57. The number of fused-ring (bicyclic) bond motifs is 1. The Morgan fingerprint density at radius 3 is 3.00 bits per heavy atom. The van der Waals surface area contributed by atoms with Gasteiger partial charge < -0.3 is 4.42 Å².